The normalized spacial score (nSPS) is 12.2. The Morgan fingerprint density at radius 1 is 0.923 bits per heavy atom. The molecule has 26 heavy (non-hydrogen) atoms. The highest BCUT2D eigenvalue weighted by Crippen LogP contribution is 2.37. The summed E-state index contributed by atoms with van der Waals surface area (Å²) < 4.78 is 42.5. The highest BCUT2D eigenvalue weighted by atomic mass is 19.4. The Morgan fingerprint density at radius 2 is 1.62 bits per heavy atom. The Balaban J connectivity index is 2.17. The third-order valence-electron chi connectivity index (χ3n) is 4.36. The lowest BCUT2D eigenvalue weighted by Gasteiger charge is -2.12. The number of fused-ring (bicyclic) bond motifs is 3. The third kappa shape index (κ3) is 2.51. The fourth-order valence-electron chi connectivity index (χ4n) is 3.18. The van der Waals surface area contributed by atoms with E-state index in [-0.39, 0.29) is 16.7 Å². The standard InChI is InChI=1S/C19H15F3N4/c1-10-4-6-13(7-5-10)16-17-18(19(20,21)22)23-15-12(3)8-11(2)9-14(15)26(17)25-24-16/h4-9H,1-3H3. The summed E-state index contributed by atoms with van der Waals surface area (Å²) in [5.41, 5.74) is 3.03. The fourth-order valence-corrected chi connectivity index (χ4v) is 3.18. The Labute approximate surface area is 147 Å². The minimum Gasteiger partial charge on any atom is -0.239 e. The first-order chi connectivity index (χ1) is 12.3. The zero-order valence-corrected chi connectivity index (χ0v) is 14.4. The van der Waals surface area contributed by atoms with E-state index in [1.807, 2.05) is 26.0 Å². The van der Waals surface area contributed by atoms with Crippen molar-refractivity contribution in [1.82, 2.24) is 19.8 Å². The number of halogens is 3. The number of aromatic nitrogens is 4. The van der Waals surface area contributed by atoms with Crippen LogP contribution >= 0.6 is 0 Å². The van der Waals surface area contributed by atoms with Gasteiger partial charge in [0.25, 0.3) is 0 Å². The van der Waals surface area contributed by atoms with Gasteiger partial charge in [-0.2, -0.15) is 13.2 Å². The van der Waals surface area contributed by atoms with E-state index < -0.39 is 11.9 Å². The lowest BCUT2D eigenvalue weighted by Crippen LogP contribution is -2.12. The number of benzene rings is 2. The van der Waals surface area contributed by atoms with Crippen LogP contribution in [0.5, 0.6) is 0 Å². The maximum atomic E-state index is 13.8. The van der Waals surface area contributed by atoms with E-state index in [1.54, 1.807) is 31.2 Å². The summed E-state index contributed by atoms with van der Waals surface area (Å²) >= 11 is 0. The molecule has 2 aromatic carbocycles. The van der Waals surface area contributed by atoms with E-state index in [0.29, 0.717) is 16.6 Å². The first-order valence-corrected chi connectivity index (χ1v) is 8.06. The minimum absolute atomic E-state index is 0.126. The summed E-state index contributed by atoms with van der Waals surface area (Å²) in [6.07, 6.45) is -4.62. The minimum atomic E-state index is -4.62. The first kappa shape index (κ1) is 16.5. The number of aryl methyl sites for hydroxylation is 3. The zero-order valence-electron chi connectivity index (χ0n) is 14.4. The van der Waals surface area contributed by atoms with Crippen LogP contribution in [-0.4, -0.2) is 19.8 Å². The Hall–Kier alpha value is -2.96. The second-order valence-corrected chi connectivity index (χ2v) is 6.47. The maximum absolute atomic E-state index is 13.8. The Kier molecular flexibility index (Phi) is 3.50. The van der Waals surface area contributed by atoms with Crippen molar-refractivity contribution in [2.75, 3.05) is 0 Å². The number of rotatable bonds is 1. The summed E-state index contributed by atoms with van der Waals surface area (Å²) in [5.74, 6) is 0. The number of hydrogen-bond acceptors (Lipinski definition) is 3. The number of alkyl halides is 3. The molecule has 0 atom stereocenters. The van der Waals surface area contributed by atoms with Gasteiger partial charge in [-0.05, 0) is 38.0 Å². The van der Waals surface area contributed by atoms with Gasteiger partial charge in [-0.3, -0.25) is 0 Å². The lowest BCUT2D eigenvalue weighted by molar-refractivity contribution is -0.139. The van der Waals surface area contributed by atoms with Crippen molar-refractivity contribution >= 4 is 16.6 Å². The van der Waals surface area contributed by atoms with Crippen LogP contribution in [0.25, 0.3) is 27.8 Å². The monoisotopic (exact) mass is 356 g/mol. The van der Waals surface area contributed by atoms with E-state index in [1.165, 1.54) is 4.52 Å². The molecule has 0 fully saturated rings. The van der Waals surface area contributed by atoms with Gasteiger partial charge in [0, 0.05) is 5.56 Å². The van der Waals surface area contributed by atoms with Crippen molar-refractivity contribution in [2.24, 2.45) is 0 Å². The topological polar surface area (TPSA) is 43.1 Å². The van der Waals surface area contributed by atoms with Crippen LogP contribution in [0.4, 0.5) is 13.2 Å². The van der Waals surface area contributed by atoms with E-state index in [9.17, 15) is 13.2 Å². The molecule has 0 saturated carbocycles. The van der Waals surface area contributed by atoms with Gasteiger partial charge < -0.3 is 0 Å². The zero-order chi connectivity index (χ0) is 18.6. The molecule has 4 nitrogen and oxygen atoms in total. The van der Waals surface area contributed by atoms with Gasteiger partial charge in [0.1, 0.15) is 11.2 Å². The van der Waals surface area contributed by atoms with Crippen LogP contribution < -0.4 is 0 Å². The predicted octanol–water partition coefficient (Wildman–Crippen LogP) is 4.89. The average Bonchev–Trinajstić information content (AvgIpc) is 2.99. The molecule has 0 bridgehead atoms. The molecule has 2 heterocycles. The smallest absolute Gasteiger partial charge is 0.239 e. The Morgan fingerprint density at radius 3 is 2.27 bits per heavy atom. The predicted molar refractivity (Wildman–Crippen MR) is 92.9 cm³/mol. The summed E-state index contributed by atoms with van der Waals surface area (Å²) in [7, 11) is 0. The van der Waals surface area contributed by atoms with E-state index in [0.717, 1.165) is 11.1 Å². The SMILES string of the molecule is Cc1ccc(-c2nnn3c2c(C(F)(F)F)nc2c(C)cc(C)cc23)cc1. The quantitative estimate of drug-likeness (QED) is 0.488. The van der Waals surface area contributed by atoms with Crippen LogP contribution in [0.15, 0.2) is 36.4 Å². The van der Waals surface area contributed by atoms with Crippen LogP contribution in [-0.2, 0) is 6.18 Å². The van der Waals surface area contributed by atoms with Crippen molar-refractivity contribution in [3.63, 3.8) is 0 Å². The van der Waals surface area contributed by atoms with E-state index >= 15 is 0 Å². The van der Waals surface area contributed by atoms with Gasteiger partial charge in [-0.25, -0.2) is 9.50 Å². The van der Waals surface area contributed by atoms with Crippen LogP contribution in [0.2, 0.25) is 0 Å². The molecule has 132 valence electrons. The molecule has 0 aliphatic rings. The fraction of sp³-hybridized carbons (Fsp3) is 0.211. The van der Waals surface area contributed by atoms with Gasteiger partial charge in [0.15, 0.2) is 5.69 Å². The lowest BCUT2D eigenvalue weighted by atomic mass is 10.1. The summed E-state index contributed by atoms with van der Waals surface area (Å²) in [4.78, 5) is 3.97. The maximum Gasteiger partial charge on any atom is 0.435 e. The van der Waals surface area contributed by atoms with Gasteiger partial charge in [0.2, 0.25) is 0 Å². The first-order valence-electron chi connectivity index (χ1n) is 8.06. The van der Waals surface area contributed by atoms with Gasteiger partial charge in [-0.15, -0.1) is 5.10 Å². The van der Waals surface area contributed by atoms with Crippen LogP contribution in [0.3, 0.4) is 0 Å². The summed E-state index contributed by atoms with van der Waals surface area (Å²) in [5, 5.41) is 8.08. The Bertz CT molecular complexity index is 1140. The van der Waals surface area contributed by atoms with Crippen molar-refractivity contribution in [2.45, 2.75) is 26.9 Å². The molecule has 0 N–H and O–H groups in total. The molecule has 0 spiro atoms. The molecular formula is C19H15F3N4. The van der Waals surface area contributed by atoms with Gasteiger partial charge >= 0.3 is 6.18 Å². The molecule has 0 unspecified atom stereocenters. The van der Waals surface area contributed by atoms with Crippen LogP contribution in [0, 0.1) is 20.8 Å². The second kappa shape index (κ2) is 5.52. The van der Waals surface area contributed by atoms with Gasteiger partial charge in [0.05, 0.1) is 11.0 Å². The molecule has 0 saturated heterocycles. The molecule has 0 aliphatic carbocycles. The van der Waals surface area contributed by atoms with E-state index in [2.05, 4.69) is 15.3 Å². The number of hydrogen-bond donors (Lipinski definition) is 0. The van der Waals surface area contributed by atoms with E-state index in [4.69, 9.17) is 0 Å². The molecule has 4 aromatic rings. The number of nitrogens with zero attached hydrogens (tertiary/aromatic N) is 4. The van der Waals surface area contributed by atoms with Crippen molar-refractivity contribution in [3.05, 3.63) is 58.8 Å². The molecule has 0 aliphatic heterocycles. The molecule has 2 aromatic heterocycles. The van der Waals surface area contributed by atoms with Crippen LogP contribution in [0.1, 0.15) is 22.4 Å². The molecular weight excluding hydrogens is 341 g/mol. The summed E-state index contributed by atoms with van der Waals surface area (Å²) in [6.45, 7) is 5.54. The second-order valence-electron chi connectivity index (χ2n) is 6.47. The summed E-state index contributed by atoms with van der Waals surface area (Å²) in [6, 6.07) is 10.7. The van der Waals surface area contributed by atoms with Crippen molar-refractivity contribution in [1.29, 1.82) is 0 Å². The van der Waals surface area contributed by atoms with Crippen molar-refractivity contribution in [3.8, 4) is 11.3 Å². The molecule has 4 rings (SSSR count). The molecule has 0 amide bonds. The highest BCUT2D eigenvalue weighted by molar-refractivity contribution is 5.88. The highest BCUT2D eigenvalue weighted by Gasteiger charge is 2.38. The average molecular weight is 356 g/mol. The molecule has 0 radical (unpaired) electrons. The van der Waals surface area contributed by atoms with Gasteiger partial charge in [-0.1, -0.05) is 41.1 Å². The largest absolute Gasteiger partial charge is 0.435 e. The third-order valence-corrected chi connectivity index (χ3v) is 4.36. The van der Waals surface area contributed by atoms with Crippen molar-refractivity contribution < 1.29 is 13.2 Å². The molecule has 7 heteroatoms.